The van der Waals surface area contributed by atoms with Crippen LogP contribution in [0.25, 0.3) is 0 Å². The van der Waals surface area contributed by atoms with Crippen molar-refractivity contribution >= 4 is 17.7 Å². The summed E-state index contributed by atoms with van der Waals surface area (Å²) in [5.41, 5.74) is 1.54. The molecule has 7 heteroatoms. The zero-order valence-corrected chi connectivity index (χ0v) is 17.2. The van der Waals surface area contributed by atoms with Crippen molar-refractivity contribution in [1.82, 2.24) is 9.80 Å². The third-order valence-electron chi connectivity index (χ3n) is 4.94. The maximum Gasteiger partial charge on any atom is 0.237 e. The van der Waals surface area contributed by atoms with E-state index in [9.17, 15) is 18.0 Å². The molecule has 1 fully saturated rings. The predicted molar refractivity (Wildman–Crippen MR) is 110 cm³/mol. The van der Waals surface area contributed by atoms with Gasteiger partial charge in [-0.15, -0.1) is 11.8 Å². The van der Waals surface area contributed by atoms with E-state index in [2.05, 4.69) is 6.92 Å². The first-order valence-corrected chi connectivity index (χ1v) is 10.9. The lowest BCUT2D eigenvalue weighted by molar-refractivity contribution is -0.132. The molecule has 1 saturated heterocycles. The Kier molecular flexibility index (Phi) is 7.61. The normalized spacial score (nSPS) is 16.6. The largest absolute Gasteiger partial charge is 0.325 e. The fourth-order valence-corrected chi connectivity index (χ4v) is 4.68. The van der Waals surface area contributed by atoms with Crippen molar-refractivity contribution in [1.29, 1.82) is 0 Å². The van der Waals surface area contributed by atoms with Gasteiger partial charge < -0.3 is 4.90 Å². The Morgan fingerprint density at radius 1 is 1.14 bits per heavy atom. The highest BCUT2D eigenvalue weighted by Crippen LogP contribution is 2.38. The maximum absolute atomic E-state index is 13.6. The molecular formula is C22H25F3N2OS. The van der Waals surface area contributed by atoms with Gasteiger partial charge in [0.25, 0.3) is 0 Å². The maximum atomic E-state index is 13.6. The molecule has 29 heavy (non-hydrogen) atoms. The molecule has 0 N–H and O–H groups in total. The SMILES string of the molecule is CCCCN(CC(=O)N1CCS[C@H]1c1ccc(F)cc1)Cc1ccc(F)c(F)c1. The molecule has 0 saturated carbocycles. The van der Waals surface area contributed by atoms with Crippen LogP contribution in [0.4, 0.5) is 13.2 Å². The Bertz CT molecular complexity index is 831. The smallest absolute Gasteiger partial charge is 0.237 e. The number of rotatable bonds is 8. The van der Waals surface area contributed by atoms with Crippen LogP contribution in [0.3, 0.4) is 0 Å². The first-order valence-electron chi connectivity index (χ1n) is 9.80. The first kappa shape index (κ1) is 21.7. The molecule has 0 radical (unpaired) electrons. The summed E-state index contributed by atoms with van der Waals surface area (Å²) < 4.78 is 40.0. The summed E-state index contributed by atoms with van der Waals surface area (Å²) in [7, 11) is 0. The molecule has 1 atom stereocenters. The van der Waals surface area contributed by atoms with E-state index >= 15 is 0 Å². The molecule has 3 nitrogen and oxygen atoms in total. The third-order valence-corrected chi connectivity index (χ3v) is 6.20. The minimum absolute atomic E-state index is 0.0111. The Balaban J connectivity index is 1.69. The molecule has 2 aromatic carbocycles. The highest BCUT2D eigenvalue weighted by atomic mass is 32.2. The van der Waals surface area contributed by atoms with Gasteiger partial charge in [-0.1, -0.05) is 31.5 Å². The molecule has 1 heterocycles. The summed E-state index contributed by atoms with van der Waals surface area (Å²) >= 11 is 1.66. The van der Waals surface area contributed by atoms with Gasteiger partial charge in [-0.2, -0.15) is 0 Å². The van der Waals surface area contributed by atoms with Gasteiger partial charge in [-0.25, -0.2) is 13.2 Å². The number of carbonyl (C=O) groups is 1. The molecule has 2 aromatic rings. The standard InChI is InChI=1S/C22H25F3N2OS/c1-2-3-10-26(14-16-4-9-19(24)20(25)13-16)15-21(28)27-11-12-29-22(27)17-5-7-18(23)8-6-17/h4-9,13,22H,2-3,10-12,14-15H2,1H3/t22-/m0/s1. The van der Waals surface area contributed by atoms with Crippen LogP contribution in [-0.4, -0.2) is 41.1 Å². The van der Waals surface area contributed by atoms with Crippen molar-refractivity contribution in [3.8, 4) is 0 Å². The van der Waals surface area contributed by atoms with E-state index in [4.69, 9.17) is 0 Å². The number of hydrogen-bond donors (Lipinski definition) is 0. The molecule has 1 amide bonds. The van der Waals surface area contributed by atoms with Crippen LogP contribution in [0.1, 0.15) is 36.3 Å². The number of benzene rings is 2. The number of hydrogen-bond acceptors (Lipinski definition) is 3. The monoisotopic (exact) mass is 422 g/mol. The fourth-order valence-electron chi connectivity index (χ4n) is 3.40. The van der Waals surface area contributed by atoms with E-state index in [-0.39, 0.29) is 23.6 Å². The molecule has 156 valence electrons. The van der Waals surface area contributed by atoms with Gasteiger partial charge in [0.05, 0.1) is 6.54 Å². The van der Waals surface area contributed by atoms with Crippen molar-refractivity contribution in [3.05, 3.63) is 71.0 Å². The molecule has 0 spiro atoms. The fraction of sp³-hybridized carbons (Fsp3) is 0.409. The van der Waals surface area contributed by atoms with Crippen LogP contribution in [0.2, 0.25) is 0 Å². The van der Waals surface area contributed by atoms with E-state index in [1.54, 1.807) is 30.0 Å². The van der Waals surface area contributed by atoms with Crippen LogP contribution < -0.4 is 0 Å². The van der Waals surface area contributed by atoms with Crippen LogP contribution in [0.15, 0.2) is 42.5 Å². The van der Waals surface area contributed by atoms with Gasteiger partial charge >= 0.3 is 0 Å². The lowest BCUT2D eigenvalue weighted by Crippen LogP contribution is -2.40. The second-order valence-electron chi connectivity index (χ2n) is 7.17. The molecule has 0 bridgehead atoms. The van der Waals surface area contributed by atoms with Crippen LogP contribution in [0, 0.1) is 17.5 Å². The van der Waals surface area contributed by atoms with E-state index in [1.807, 2.05) is 9.80 Å². The topological polar surface area (TPSA) is 23.6 Å². The van der Waals surface area contributed by atoms with Crippen LogP contribution in [0.5, 0.6) is 0 Å². The summed E-state index contributed by atoms with van der Waals surface area (Å²) in [5.74, 6) is -1.24. The lowest BCUT2D eigenvalue weighted by atomic mass is 10.1. The van der Waals surface area contributed by atoms with E-state index in [1.165, 1.54) is 18.2 Å². The number of unbranched alkanes of at least 4 members (excludes halogenated alkanes) is 1. The molecule has 0 aliphatic carbocycles. The lowest BCUT2D eigenvalue weighted by Gasteiger charge is -2.28. The van der Waals surface area contributed by atoms with Gasteiger partial charge in [0.15, 0.2) is 11.6 Å². The van der Waals surface area contributed by atoms with Crippen molar-refractivity contribution < 1.29 is 18.0 Å². The number of nitrogens with zero attached hydrogens (tertiary/aromatic N) is 2. The Morgan fingerprint density at radius 2 is 1.90 bits per heavy atom. The van der Waals surface area contributed by atoms with Gasteiger partial charge in [-0.05, 0) is 48.4 Å². The molecule has 1 aliphatic rings. The van der Waals surface area contributed by atoms with Crippen molar-refractivity contribution in [2.24, 2.45) is 0 Å². The van der Waals surface area contributed by atoms with E-state index in [0.29, 0.717) is 25.2 Å². The zero-order valence-electron chi connectivity index (χ0n) is 16.4. The number of carbonyl (C=O) groups excluding carboxylic acids is 1. The summed E-state index contributed by atoms with van der Waals surface area (Å²) in [6, 6.07) is 10.1. The minimum atomic E-state index is -0.878. The van der Waals surface area contributed by atoms with Gasteiger partial charge in [0, 0.05) is 18.8 Å². The van der Waals surface area contributed by atoms with Gasteiger partial charge in [-0.3, -0.25) is 9.69 Å². The molecule has 3 rings (SSSR count). The highest BCUT2D eigenvalue weighted by Gasteiger charge is 2.31. The third kappa shape index (κ3) is 5.76. The van der Waals surface area contributed by atoms with Crippen molar-refractivity contribution in [2.75, 3.05) is 25.4 Å². The Labute approximate surface area is 173 Å². The summed E-state index contributed by atoms with van der Waals surface area (Å²) in [5, 5.41) is -0.126. The number of amides is 1. The van der Waals surface area contributed by atoms with E-state index in [0.717, 1.165) is 30.2 Å². The predicted octanol–water partition coefficient (Wildman–Crippen LogP) is 4.98. The van der Waals surface area contributed by atoms with Crippen LogP contribution >= 0.6 is 11.8 Å². The Hall–Kier alpha value is -1.99. The minimum Gasteiger partial charge on any atom is -0.325 e. The molecule has 0 unspecified atom stereocenters. The van der Waals surface area contributed by atoms with Crippen molar-refractivity contribution in [3.63, 3.8) is 0 Å². The average molecular weight is 423 g/mol. The summed E-state index contributed by atoms with van der Waals surface area (Å²) in [4.78, 5) is 16.8. The molecule has 1 aliphatic heterocycles. The average Bonchev–Trinajstić information content (AvgIpc) is 3.19. The zero-order chi connectivity index (χ0) is 20.8. The van der Waals surface area contributed by atoms with E-state index < -0.39 is 11.6 Å². The quantitative estimate of drug-likeness (QED) is 0.599. The first-order chi connectivity index (χ1) is 14.0. The van der Waals surface area contributed by atoms with Crippen molar-refractivity contribution in [2.45, 2.75) is 31.7 Å². The number of thioether (sulfide) groups is 1. The van der Waals surface area contributed by atoms with Crippen LogP contribution in [-0.2, 0) is 11.3 Å². The summed E-state index contributed by atoms with van der Waals surface area (Å²) in [6.45, 7) is 3.99. The van der Waals surface area contributed by atoms with Gasteiger partial charge in [0.1, 0.15) is 11.2 Å². The summed E-state index contributed by atoms with van der Waals surface area (Å²) in [6.07, 6.45) is 1.88. The Morgan fingerprint density at radius 3 is 2.59 bits per heavy atom. The molecular weight excluding hydrogens is 397 g/mol. The highest BCUT2D eigenvalue weighted by molar-refractivity contribution is 7.99. The second-order valence-corrected chi connectivity index (χ2v) is 8.36. The van der Waals surface area contributed by atoms with Gasteiger partial charge in [0.2, 0.25) is 5.91 Å². The second kappa shape index (κ2) is 10.2. The molecule has 0 aromatic heterocycles. The number of halogens is 3.